The van der Waals surface area contributed by atoms with Gasteiger partial charge in [0.05, 0.1) is 5.92 Å². The summed E-state index contributed by atoms with van der Waals surface area (Å²) in [6, 6.07) is 6.96. The number of piperazine rings is 1. The molecule has 136 valence electrons. The zero-order valence-electron chi connectivity index (χ0n) is 14.8. The van der Waals surface area contributed by atoms with Crippen LogP contribution in [-0.2, 0) is 4.79 Å². The Morgan fingerprint density at radius 1 is 1.04 bits per heavy atom. The molecule has 0 spiro atoms. The van der Waals surface area contributed by atoms with Gasteiger partial charge in [-0.25, -0.2) is 0 Å². The van der Waals surface area contributed by atoms with Crippen LogP contribution in [0.5, 0.6) is 0 Å². The number of hydrogen-bond donors (Lipinski definition) is 0. The predicted octanol–water partition coefficient (Wildman–Crippen LogP) is 2.36. The molecule has 0 saturated carbocycles. The summed E-state index contributed by atoms with van der Waals surface area (Å²) in [5.74, 6) is 0.132. The molecule has 0 aliphatic carbocycles. The highest BCUT2D eigenvalue weighted by molar-refractivity contribution is 6.30. The van der Waals surface area contributed by atoms with Gasteiger partial charge in [-0.2, -0.15) is 0 Å². The Morgan fingerprint density at radius 3 is 2.36 bits per heavy atom. The number of amides is 2. The Balaban J connectivity index is 1.60. The van der Waals surface area contributed by atoms with Crippen molar-refractivity contribution in [3.05, 3.63) is 34.9 Å². The molecule has 25 heavy (non-hydrogen) atoms. The number of carbonyl (C=O) groups is 2. The minimum atomic E-state index is -0.0711. The number of hydrogen-bond acceptors (Lipinski definition) is 3. The molecular weight excluding hydrogens is 338 g/mol. The number of likely N-dealkylation sites (tertiary alicyclic amines) is 1. The Hall–Kier alpha value is -1.59. The van der Waals surface area contributed by atoms with Gasteiger partial charge in [0.1, 0.15) is 0 Å². The maximum absolute atomic E-state index is 12.8. The molecule has 1 unspecified atom stereocenters. The molecule has 1 atom stereocenters. The van der Waals surface area contributed by atoms with Crippen LogP contribution in [0.15, 0.2) is 24.3 Å². The normalized spacial score (nSPS) is 22.1. The van der Waals surface area contributed by atoms with Crippen molar-refractivity contribution in [3.8, 4) is 0 Å². The lowest BCUT2D eigenvalue weighted by Crippen LogP contribution is -2.52. The molecule has 0 bridgehead atoms. The van der Waals surface area contributed by atoms with Crippen molar-refractivity contribution >= 4 is 23.4 Å². The third-order valence-electron chi connectivity index (χ3n) is 5.28. The monoisotopic (exact) mass is 363 g/mol. The van der Waals surface area contributed by atoms with Crippen LogP contribution in [0.25, 0.3) is 0 Å². The summed E-state index contributed by atoms with van der Waals surface area (Å²) < 4.78 is 0. The molecule has 2 aliphatic heterocycles. The van der Waals surface area contributed by atoms with Crippen LogP contribution in [0.4, 0.5) is 0 Å². The van der Waals surface area contributed by atoms with E-state index in [1.807, 2.05) is 9.80 Å². The third kappa shape index (κ3) is 4.33. The van der Waals surface area contributed by atoms with E-state index in [1.165, 1.54) is 0 Å². The third-order valence-corrected chi connectivity index (χ3v) is 5.53. The topological polar surface area (TPSA) is 43.9 Å². The Labute approximate surface area is 154 Å². The van der Waals surface area contributed by atoms with E-state index >= 15 is 0 Å². The molecule has 2 saturated heterocycles. The summed E-state index contributed by atoms with van der Waals surface area (Å²) in [5, 5.41) is 0.620. The zero-order chi connectivity index (χ0) is 17.8. The van der Waals surface area contributed by atoms with Gasteiger partial charge < -0.3 is 14.7 Å². The summed E-state index contributed by atoms with van der Waals surface area (Å²) in [4.78, 5) is 31.7. The number of rotatable bonds is 3. The van der Waals surface area contributed by atoms with E-state index in [1.54, 1.807) is 24.3 Å². The van der Waals surface area contributed by atoms with Crippen molar-refractivity contribution < 1.29 is 9.59 Å². The van der Waals surface area contributed by atoms with Gasteiger partial charge in [-0.05, 0) is 43.7 Å². The molecule has 2 aliphatic rings. The fourth-order valence-electron chi connectivity index (χ4n) is 3.68. The second-order valence-electron chi connectivity index (χ2n) is 6.86. The maximum atomic E-state index is 12.8. The Kier molecular flexibility index (Phi) is 5.97. The standard InChI is InChI=1S/C19H26ClN3O2/c1-2-21-10-12-22(13-11-21)19(25)16-4-3-9-23(14-16)18(24)15-5-7-17(20)8-6-15/h5-8,16H,2-4,9-14H2,1H3. The van der Waals surface area contributed by atoms with Crippen LogP contribution >= 0.6 is 11.6 Å². The van der Waals surface area contributed by atoms with Crippen LogP contribution in [0, 0.1) is 5.92 Å². The van der Waals surface area contributed by atoms with E-state index in [-0.39, 0.29) is 17.7 Å². The van der Waals surface area contributed by atoms with Gasteiger partial charge in [0.25, 0.3) is 5.91 Å². The van der Waals surface area contributed by atoms with Crippen LogP contribution in [0.1, 0.15) is 30.1 Å². The fourth-order valence-corrected chi connectivity index (χ4v) is 3.81. The van der Waals surface area contributed by atoms with Gasteiger partial charge in [0, 0.05) is 49.9 Å². The molecule has 2 amide bonds. The zero-order valence-corrected chi connectivity index (χ0v) is 15.5. The lowest BCUT2D eigenvalue weighted by molar-refractivity contribution is -0.138. The predicted molar refractivity (Wildman–Crippen MR) is 98.8 cm³/mol. The van der Waals surface area contributed by atoms with Gasteiger partial charge in [-0.1, -0.05) is 18.5 Å². The number of piperidine rings is 1. The van der Waals surface area contributed by atoms with Crippen molar-refractivity contribution in [2.24, 2.45) is 5.92 Å². The number of likely N-dealkylation sites (N-methyl/N-ethyl adjacent to an activating group) is 1. The maximum Gasteiger partial charge on any atom is 0.253 e. The molecule has 2 heterocycles. The highest BCUT2D eigenvalue weighted by Crippen LogP contribution is 2.22. The van der Waals surface area contributed by atoms with Crippen molar-refractivity contribution in [2.75, 3.05) is 45.8 Å². The van der Waals surface area contributed by atoms with E-state index in [4.69, 9.17) is 11.6 Å². The molecular formula is C19H26ClN3O2. The van der Waals surface area contributed by atoms with Crippen LogP contribution in [0.2, 0.25) is 5.02 Å². The van der Waals surface area contributed by atoms with E-state index in [9.17, 15) is 9.59 Å². The average molecular weight is 364 g/mol. The molecule has 2 fully saturated rings. The highest BCUT2D eigenvalue weighted by atomic mass is 35.5. The first-order valence-corrected chi connectivity index (χ1v) is 9.52. The summed E-state index contributed by atoms with van der Waals surface area (Å²) in [6.45, 7) is 7.92. The number of carbonyl (C=O) groups excluding carboxylic acids is 2. The lowest BCUT2D eigenvalue weighted by Gasteiger charge is -2.38. The summed E-state index contributed by atoms with van der Waals surface area (Å²) in [6.07, 6.45) is 1.75. The Morgan fingerprint density at radius 2 is 1.72 bits per heavy atom. The average Bonchev–Trinajstić information content (AvgIpc) is 2.67. The second-order valence-corrected chi connectivity index (χ2v) is 7.29. The van der Waals surface area contributed by atoms with Crippen molar-refractivity contribution in [1.29, 1.82) is 0 Å². The molecule has 0 radical (unpaired) electrons. The SMILES string of the molecule is CCN1CCN(C(=O)C2CCCN(C(=O)c3ccc(Cl)cc3)C2)CC1. The summed E-state index contributed by atoms with van der Waals surface area (Å²) >= 11 is 5.90. The van der Waals surface area contributed by atoms with Gasteiger partial charge in [0.2, 0.25) is 5.91 Å². The van der Waals surface area contributed by atoms with Gasteiger partial charge >= 0.3 is 0 Å². The number of nitrogens with zero attached hydrogens (tertiary/aromatic N) is 3. The highest BCUT2D eigenvalue weighted by Gasteiger charge is 2.32. The van der Waals surface area contributed by atoms with Crippen LogP contribution in [0.3, 0.4) is 0 Å². The molecule has 0 aromatic heterocycles. The van der Waals surface area contributed by atoms with Crippen LogP contribution < -0.4 is 0 Å². The van der Waals surface area contributed by atoms with E-state index in [0.717, 1.165) is 52.1 Å². The molecule has 6 heteroatoms. The summed E-state index contributed by atoms with van der Waals surface area (Å²) in [5.41, 5.74) is 0.633. The van der Waals surface area contributed by atoms with E-state index in [0.29, 0.717) is 17.1 Å². The smallest absolute Gasteiger partial charge is 0.253 e. The fraction of sp³-hybridized carbons (Fsp3) is 0.579. The molecule has 3 rings (SSSR count). The first-order chi connectivity index (χ1) is 12.1. The molecule has 0 N–H and O–H groups in total. The van der Waals surface area contributed by atoms with Crippen molar-refractivity contribution in [2.45, 2.75) is 19.8 Å². The van der Waals surface area contributed by atoms with Crippen molar-refractivity contribution in [1.82, 2.24) is 14.7 Å². The van der Waals surface area contributed by atoms with Crippen molar-refractivity contribution in [3.63, 3.8) is 0 Å². The number of benzene rings is 1. The minimum absolute atomic E-state index is 0.00929. The second kappa shape index (κ2) is 8.19. The molecule has 5 nitrogen and oxygen atoms in total. The van der Waals surface area contributed by atoms with Crippen LogP contribution in [-0.4, -0.2) is 72.3 Å². The van der Waals surface area contributed by atoms with Gasteiger partial charge in [0.15, 0.2) is 0 Å². The summed E-state index contributed by atoms with van der Waals surface area (Å²) in [7, 11) is 0. The molecule has 1 aromatic carbocycles. The van der Waals surface area contributed by atoms with E-state index in [2.05, 4.69) is 11.8 Å². The lowest BCUT2D eigenvalue weighted by atomic mass is 9.95. The minimum Gasteiger partial charge on any atom is -0.340 e. The first kappa shape index (κ1) is 18.2. The molecule has 1 aromatic rings. The first-order valence-electron chi connectivity index (χ1n) is 9.14. The largest absolute Gasteiger partial charge is 0.340 e. The van der Waals surface area contributed by atoms with E-state index < -0.39 is 0 Å². The van der Waals surface area contributed by atoms with Gasteiger partial charge in [-0.3, -0.25) is 9.59 Å². The van der Waals surface area contributed by atoms with Gasteiger partial charge in [-0.15, -0.1) is 0 Å². The Bertz CT molecular complexity index is 612. The number of halogens is 1. The quantitative estimate of drug-likeness (QED) is 0.828.